The number of benzene rings is 8. The number of para-hydroxylation sites is 3. The van der Waals surface area contributed by atoms with E-state index < -0.39 is 0 Å². The fourth-order valence-electron chi connectivity index (χ4n) is 9.73. The molecule has 13 rings (SSSR count). The van der Waals surface area contributed by atoms with E-state index in [0.29, 0.717) is 0 Å². The van der Waals surface area contributed by atoms with Crippen LogP contribution in [0.4, 0.5) is 0 Å². The maximum absolute atomic E-state index is 4.58. The molecule has 0 radical (unpaired) electrons. The molecule has 4 nitrogen and oxygen atoms in total. The first-order valence-electron chi connectivity index (χ1n) is 19.7. The van der Waals surface area contributed by atoms with Crippen LogP contribution < -0.4 is 0 Å². The number of nitrogens with zero attached hydrogens (tertiary/aromatic N) is 4. The molecule has 0 bridgehead atoms. The highest BCUT2D eigenvalue weighted by atomic mass is 32.1. The number of rotatable bonds is 4. The van der Waals surface area contributed by atoms with Crippen LogP contribution in [0.25, 0.3) is 114 Å². The molecule has 8 aromatic carbocycles. The Morgan fingerprint density at radius 1 is 0.362 bits per heavy atom. The summed E-state index contributed by atoms with van der Waals surface area (Å²) in [4.78, 5) is 4.58. The Balaban J connectivity index is 1.09. The van der Waals surface area contributed by atoms with Crippen molar-refractivity contribution in [1.82, 2.24) is 18.7 Å². The van der Waals surface area contributed by atoms with E-state index in [1.807, 2.05) is 23.7 Å². The number of thiophene rings is 1. The number of hydrogen-bond acceptors (Lipinski definition) is 2. The molecule has 5 heteroatoms. The van der Waals surface area contributed by atoms with Crippen molar-refractivity contribution >= 4 is 96.9 Å². The molecule has 0 saturated carbocycles. The molecular formula is C53H32N4S. The van der Waals surface area contributed by atoms with Gasteiger partial charge in [-0.3, -0.25) is 4.98 Å². The SMILES string of the molecule is c1ccc(-c2cccc3c2sc2c(-n4c5ccccc5c5c6c7ccccc7n(-c7ccc8c(c7)c7cnccc7n8-c7ccccc7)c6ccc54)cccc23)cc1. The van der Waals surface area contributed by atoms with Gasteiger partial charge in [-0.1, -0.05) is 115 Å². The Morgan fingerprint density at radius 3 is 1.71 bits per heavy atom. The summed E-state index contributed by atoms with van der Waals surface area (Å²) in [6.07, 6.45) is 3.89. The Morgan fingerprint density at radius 2 is 0.931 bits per heavy atom. The minimum atomic E-state index is 1.13. The van der Waals surface area contributed by atoms with Gasteiger partial charge in [0.1, 0.15) is 0 Å². The molecule has 5 aromatic heterocycles. The molecule has 0 spiro atoms. The quantitative estimate of drug-likeness (QED) is 0.176. The molecule has 270 valence electrons. The highest BCUT2D eigenvalue weighted by molar-refractivity contribution is 7.26. The molecule has 58 heavy (non-hydrogen) atoms. The van der Waals surface area contributed by atoms with Gasteiger partial charge >= 0.3 is 0 Å². The molecule has 0 aliphatic rings. The predicted molar refractivity (Wildman–Crippen MR) is 246 cm³/mol. The molecule has 5 heterocycles. The Kier molecular flexibility index (Phi) is 6.57. The fraction of sp³-hybridized carbons (Fsp3) is 0. The van der Waals surface area contributed by atoms with E-state index in [1.165, 1.54) is 86.0 Å². The minimum Gasteiger partial charge on any atom is -0.309 e. The van der Waals surface area contributed by atoms with Crippen molar-refractivity contribution in [2.24, 2.45) is 0 Å². The average Bonchev–Trinajstić information content (AvgIpc) is 4.03. The molecule has 0 saturated heterocycles. The van der Waals surface area contributed by atoms with Crippen molar-refractivity contribution < 1.29 is 0 Å². The fourth-order valence-corrected chi connectivity index (χ4v) is 11.1. The third-order valence-electron chi connectivity index (χ3n) is 12.1. The average molecular weight is 757 g/mol. The largest absolute Gasteiger partial charge is 0.309 e. The summed E-state index contributed by atoms with van der Waals surface area (Å²) in [5.74, 6) is 0. The van der Waals surface area contributed by atoms with Crippen LogP contribution >= 0.6 is 11.3 Å². The van der Waals surface area contributed by atoms with Crippen molar-refractivity contribution in [2.75, 3.05) is 0 Å². The van der Waals surface area contributed by atoms with Crippen LogP contribution in [0.3, 0.4) is 0 Å². The van der Waals surface area contributed by atoms with Crippen molar-refractivity contribution in [3.05, 3.63) is 194 Å². The highest BCUT2D eigenvalue weighted by Crippen LogP contribution is 2.47. The number of pyridine rings is 1. The maximum Gasteiger partial charge on any atom is 0.0640 e. The van der Waals surface area contributed by atoms with Crippen LogP contribution in [0.5, 0.6) is 0 Å². The third-order valence-corrected chi connectivity index (χ3v) is 13.4. The van der Waals surface area contributed by atoms with Gasteiger partial charge in [0.15, 0.2) is 0 Å². The summed E-state index contributed by atoms with van der Waals surface area (Å²) < 4.78 is 9.92. The van der Waals surface area contributed by atoms with Gasteiger partial charge in [-0.05, 0) is 77.9 Å². The van der Waals surface area contributed by atoms with E-state index in [9.17, 15) is 0 Å². The number of hydrogen-bond donors (Lipinski definition) is 0. The van der Waals surface area contributed by atoms with Crippen molar-refractivity contribution in [2.45, 2.75) is 0 Å². The van der Waals surface area contributed by atoms with E-state index >= 15 is 0 Å². The lowest BCUT2D eigenvalue weighted by Crippen LogP contribution is -1.96. The number of fused-ring (bicyclic) bond motifs is 13. The molecule has 0 atom stereocenters. The van der Waals surface area contributed by atoms with Crippen LogP contribution in [-0.2, 0) is 0 Å². The van der Waals surface area contributed by atoms with Gasteiger partial charge in [0.2, 0.25) is 0 Å². The predicted octanol–water partition coefficient (Wildman–Crippen LogP) is 14.4. The molecule has 0 aliphatic heterocycles. The third kappa shape index (κ3) is 4.31. The summed E-state index contributed by atoms with van der Waals surface area (Å²) in [6.45, 7) is 0. The van der Waals surface area contributed by atoms with E-state index in [4.69, 9.17) is 0 Å². The van der Waals surface area contributed by atoms with Gasteiger partial charge in [-0.2, -0.15) is 0 Å². The van der Waals surface area contributed by atoms with E-state index in [2.05, 4.69) is 201 Å². The number of aromatic nitrogens is 4. The van der Waals surface area contributed by atoms with Crippen LogP contribution in [0.1, 0.15) is 0 Å². The zero-order valence-corrected chi connectivity index (χ0v) is 32.0. The molecule has 13 aromatic rings. The van der Waals surface area contributed by atoms with Crippen molar-refractivity contribution in [3.8, 4) is 28.2 Å². The van der Waals surface area contributed by atoms with Gasteiger partial charge in [-0.25, -0.2) is 0 Å². The van der Waals surface area contributed by atoms with E-state index in [-0.39, 0.29) is 0 Å². The summed E-state index contributed by atoms with van der Waals surface area (Å²) in [5.41, 5.74) is 13.1. The Bertz CT molecular complexity index is 3790. The van der Waals surface area contributed by atoms with Crippen LogP contribution in [0, 0.1) is 0 Å². The smallest absolute Gasteiger partial charge is 0.0640 e. The monoisotopic (exact) mass is 756 g/mol. The van der Waals surface area contributed by atoms with Gasteiger partial charge < -0.3 is 13.7 Å². The lowest BCUT2D eigenvalue weighted by atomic mass is 10.0. The first-order valence-corrected chi connectivity index (χ1v) is 20.5. The summed E-state index contributed by atoms with van der Waals surface area (Å²) in [5, 5.41) is 9.95. The Labute approximate surface area is 336 Å². The lowest BCUT2D eigenvalue weighted by Gasteiger charge is -2.11. The van der Waals surface area contributed by atoms with E-state index in [1.54, 1.807) is 0 Å². The van der Waals surface area contributed by atoms with Crippen molar-refractivity contribution in [3.63, 3.8) is 0 Å². The van der Waals surface area contributed by atoms with Crippen molar-refractivity contribution in [1.29, 1.82) is 0 Å². The van der Waals surface area contributed by atoms with E-state index in [0.717, 1.165) is 27.8 Å². The van der Waals surface area contributed by atoms with Gasteiger partial charge in [0, 0.05) is 71.6 Å². The van der Waals surface area contributed by atoms with Gasteiger partial charge in [0.25, 0.3) is 0 Å². The molecule has 0 aliphatic carbocycles. The van der Waals surface area contributed by atoms with Crippen LogP contribution in [-0.4, -0.2) is 18.7 Å². The normalized spacial score (nSPS) is 12.1. The van der Waals surface area contributed by atoms with Crippen LogP contribution in [0.2, 0.25) is 0 Å². The minimum absolute atomic E-state index is 1.13. The molecular weight excluding hydrogens is 725 g/mol. The first kappa shape index (κ1) is 31.7. The molecule has 0 amide bonds. The molecule has 0 unspecified atom stereocenters. The van der Waals surface area contributed by atoms with Crippen LogP contribution in [0.15, 0.2) is 194 Å². The summed E-state index contributed by atoms with van der Waals surface area (Å²) in [7, 11) is 0. The first-order chi connectivity index (χ1) is 28.8. The highest BCUT2D eigenvalue weighted by Gasteiger charge is 2.23. The molecule has 0 fully saturated rings. The second kappa shape index (κ2) is 12.0. The summed E-state index contributed by atoms with van der Waals surface area (Å²) >= 11 is 1.90. The zero-order valence-electron chi connectivity index (χ0n) is 31.2. The molecule has 0 N–H and O–H groups in total. The summed E-state index contributed by atoms with van der Waals surface area (Å²) in [6, 6.07) is 66.5. The topological polar surface area (TPSA) is 27.7 Å². The Hall–Kier alpha value is -7.47. The second-order valence-corrected chi connectivity index (χ2v) is 16.1. The van der Waals surface area contributed by atoms with Gasteiger partial charge in [0.05, 0.1) is 43.5 Å². The second-order valence-electron chi connectivity index (χ2n) is 15.1. The standard InChI is InChI=1S/C53H32N4S/c1-3-13-33(14-4-1)36-19-11-20-37-38-21-12-24-49(53(38)58-52(36)37)57-44-23-10-8-18-40(44)51-48(57)28-27-47-50(51)39-17-7-9-22-43(39)56(47)35-25-26-45-41(31-35)42-32-54-30-29-46(42)55(45)34-15-5-2-6-16-34/h1-32H. The zero-order chi connectivity index (χ0) is 37.9. The van der Waals surface area contributed by atoms with Gasteiger partial charge in [-0.15, -0.1) is 11.3 Å². The lowest BCUT2D eigenvalue weighted by molar-refractivity contribution is 1.16. The maximum atomic E-state index is 4.58.